The molecule has 7 rings (SSSR count). The molecule has 3 aliphatic rings. The first-order valence-electron chi connectivity index (χ1n) is 15.1. The minimum Gasteiger partial charge on any atom is -0.497 e. The Kier molecular flexibility index (Phi) is 7.82. The maximum Gasteiger partial charge on any atom is 0.326 e. The lowest BCUT2D eigenvalue weighted by atomic mass is 9.90. The standard InChI is InChI=1S/C32H35N7O7/c1-19-32(17-44-18-32)45-12-11-38(19)25-13-21(20-6-8-22(42-2)9-7-20)15-34-28(25)46-23-14-26(29(40)41)39(16-23)30-35-27(24-5-4-10-33-24)36-31(37-30)43-3/h4-10,13,15,19,23,26,33H,11-12,14,16-18H2,1-3H3,(H,40,41)/t19-,23-,26-/m0/s1. The summed E-state index contributed by atoms with van der Waals surface area (Å²) in [7, 11) is 3.09. The van der Waals surface area contributed by atoms with Crippen molar-refractivity contribution < 1.29 is 33.6 Å². The van der Waals surface area contributed by atoms with Crippen molar-refractivity contribution in [3.8, 4) is 40.3 Å². The summed E-state index contributed by atoms with van der Waals surface area (Å²) in [6.07, 6.45) is 3.20. The quantitative estimate of drug-likeness (QED) is 0.279. The summed E-state index contributed by atoms with van der Waals surface area (Å²) in [6, 6.07) is 12.6. The van der Waals surface area contributed by atoms with Crippen LogP contribution in [0, 0.1) is 0 Å². The van der Waals surface area contributed by atoms with Gasteiger partial charge in [-0.05, 0) is 42.8 Å². The van der Waals surface area contributed by atoms with E-state index in [4.69, 9.17) is 28.7 Å². The van der Waals surface area contributed by atoms with Gasteiger partial charge < -0.3 is 43.6 Å². The molecule has 3 fully saturated rings. The van der Waals surface area contributed by atoms with E-state index in [9.17, 15) is 9.90 Å². The van der Waals surface area contributed by atoms with Gasteiger partial charge in [0.1, 0.15) is 29.2 Å². The second-order valence-corrected chi connectivity index (χ2v) is 11.6. The third-order valence-electron chi connectivity index (χ3n) is 8.92. The highest BCUT2D eigenvalue weighted by Crippen LogP contribution is 2.41. The van der Waals surface area contributed by atoms with E-state index in [1.807, 2.05) is 36.4 Å². The molecule has 14 heteroatoms. The number of rotatable bonds is 9. The number of carboxylic acid groups (broad SMARTS) is 1. The molecule has 4 aromatic rings. The number of hydrogen-bond acceptors (Lipinski definition) is 12. The van der Waals surface area contributed by atoms with E-state index in [0.717, 1.165) is 22.6 Å². The largest absolute Gasteiger partial charge is 0.497 e. The highest BCUT2D eigenvalue weighted by atomic mass is 16.6. The van der Waals surface area contributed by atoms with Gasteiger partial charge >= 0.3 is 12.0 Å². The van der Waals surface area contributed by atoms with Crippen molar-refractivity contribution in [2.75, 3.05) is 56.9 Å². The number of hydrogen-bond donors (Lipinski definition) is 2. The minimum atomic E-state index is -1.01. The Morgan fingerprint density at radius 3 is 2.57 bits per heavy atom. The highest BCUT2D eigenvalue weighted by molar-refractivity contribution is 5.78. The lowest BCUT2D eigenvalue weighted by molar-refractivity contribution is -0.228. The molecule has 0 unspecified atom stereocenters. The molecule has 0 aliphatic carbocycles. The number of nitrogens with zero attached hydrogens (tertiary/aromatic N) is 6. The molecule has 0 saturated carbocycles. The van der Waals surface area contributed by atoms with Crippen LogP contribution in [0.3, 0.4) is 0 Å². The van der Waals surface area contributed by atoms with E-state index in [1.165, 1.54) is 7.11 Å². The van der Waals surface area contributed by atoms with Gasteiger partial charge in [-0.1, -0.05) is 12.1 Å². The van der Waals surface area contributed by atoms with Crippen LogP contribution in [0.25, 0.3) is 22.6 Å². The SMILES string of the molecule is COc1ccc(-c2cnc(O[C@H]3C[C@@H](C(=O)O)N(c4nc(OC)nc(-c5ccc[nH]5)n4)C3)c(N3CCOC4(COC4)[C@@H]3C)c2)cc1. The van der Waals surface area contributed by atoms with Crippen LogP contribution < -0.4 is 24.0 Å². The topological polar surface area (TPSA) is 157 Å². The van der Waals surface area contributed by atoms with E-state index in [2.05, 4.69) is 37.8 Å². The molecule has 0 radical (unpaired) electrons. The number of aromatic amines is 1. The third-order valence-corrected chi connectivity index (χ3v) is 8.92. The molecular formula is C32H35N7O7. The Hall–Kier alpha value is -4.95. The fourth-order valence-corrected chi connectivity index (χ4v) is 6.23. The zero-order valence-corrected chi connectivity index (χ0v) is 25.8. The van der Waals surface area contributed by atoms with E-state index >= 15 is 0 Å². The number of pyridine rings is 1. The van der Waals surface area contributed by atoms with Crippen molar-refractivity contribution in [3.05, 3.63) is 54.9 Å². The van der Waals surface area contributed by atoms with Crippen LogP contribution in [-0.2, 0) is 14.3 Å². The number of aliphatic carboxylic acids is 1. The first-order valence-corrected chi connectivity index (χ1v) is 15.1. The monoisotopic (exact) mass is 629 g/mol. The van der Waals surface area contributed by atoms with E-state index < -0.39 is 23.7 Å². The summed E-state index contributed by atoms with van der Waals surface area (Å²) >= 11 is 0. The first-order chi connectivity index (χ1) is 22.4. The number of aromatic nitrogens is 5. The number of nitrogens with one attached hydrogen (secondary N) is 1. The number of carbonyl (C=O) groups is 1. The fraction of sp³-hybridized carbons (Fsp3) is 0.406. The molecule has 3 aromatic heterocycles. The van der Waals surface area contributed by atoms with Gasteiger partial charge in [-0.25, -0.2) is 9.78 Å². The van der Waals surface area contributed by atoms with Crippen LogP contribution in [0.5, 0.6) is 17.6 Å². The first kappa shape index (κ1) is 29.7. The molecule has 0 bridgehead atoms. The number of anilines is 2. The van der Waals surface area contributed by atoms with Crippen molar-refractivity contribution in [2.24, 2.45) is 0 Å². The zero-order valence-electron chi connectivity index (χ0n) is 25.8. The van der Waals surface area contributed by atoms with Gasteiger partial charge in [0.2, 0.25) is 11.8 Å². The van der Waals surface area contributed by atoms with Crippen LogP contribution in [0.1, 0.15) is 13.3 Å². The molecule has 3 saturated heterocycles. The Morgan fingerprint density at radius 2 is 1.89 bits per heavy atom. The molecule has 2 N–H and O–H groups in total. The van der Waals surface area contributed by atoms with Gasteiger partial charge in [-0.3, -0.25) is 0 Å². The summed E-state index contributed by atoms with van der Waals surface area (Å²) in [5.41, 5.74) is 2.94. The molecule has 3 aliphatic heterocycles. The minimum absolute atomic E-state index is 0.0128. The zero-order chi connectivity index (χ0) is 31.8. The van der Waals surface area contributed by atoms with Crippen molar-refractivity contribution in [1.29, 1.82) is 0 Å². The molecule has 0 amide bonds. The van der Waals surface area contributed by atoms with Crippen molar-refractivity contribution in [2.45, 2.75) is 37.1 Å². The van der Waals surface area contributed by atoms with Gasteiger partial charge in [-0.15, -0.1) is 0 Å². The lowest BCUT2D eigenvalue weighted by Gasteiger charge is -2.53. The Balaban J connectivity index is 1.21. The van der Waals surface area contributed by atoms with Crippen LogP contribution in [0.15, 0.2) is 54.9 Å². The number of benzene rings is 1. The number of ether oxygens (including phenoxy) is 5. The van der Waals surface area contributed by atoms with Crippen LogP contribution >= 0.6 is 0 Å². The predicted octanol–water partition coefficient (Wildman–Crippen LogP) is 3.05. The smallest absolute Gasteiger partial charge is 0.326 e. The van der Waals surface area contributed by atoms with Gasteiger partial charge in [0, 0.05) is 30.9 Å². The molecule has 3 atom stereocenters. The van der Waals surface area contributed by atoms with Crippen molar-refractivity contribution in [3.63, 3.8) is 0 Å². The number of methoxy groups -OCH3 is 2. The van der Waals surface area contributed by atoms with Crippen LogP contribution in [0.2, 0.25) is 0 Å². The van der Waals surface area contributed by atoms with Gasteiger partial charge in [0.05, 0.1) is 52.3 Å². The Bertz CT molecular complexity index is 1700. The second kappa shape index (κ2) is 12.1. The third kappa shape index (κ3) is 5.43. The van der Waals surface area contributed by atoms with Gasteiger partial charge in [0.25, 0.3) is 0 Å². The van der Waals surface area contributed by atoms with Gasteiger partial charge in [0.15, 0.2) is 5.82 Å². The predicted molar refractivity (Wildman–Crippen MR) is 167 cm³/mol. The average molecular weight is 630 g/mol. The molecule has 240 valence electrons. The fourth-order valence-electron chi connectivity index (χ4n) is 6.23. The van der Waals surface area contributed by atoms with E-state index in [-0.39, 0.29) is 31.0 Å². The highest BCUT2D eigenvalue weighted by Gasteiger charge is 2.50. The maximum absolute atomic E-state index is 12.5. The maximum atomic E-state index is 12.5. The molecule has 1 spiro atoms. The molecule has 1 aromatic carbocycles. The molecule has 6 heterocycles. The van der Waals surface area contributed by atoms with E-state index in [0.29, 0.717) is 43.8 Å². The number of morpholine rings is 1. The summed E-state index contributed by atoms with van der Waals surface area (Å²) in [5.74, 6) is 0.696. The van der Waals surface area contributed by atoms with Crippen LogP contribution in [0.4, 0.5) is 11.6 Å². The summed E-state index contributed by atoms with van der Waals surface area (Å²) in [5, 5.41) is 10.2. The van der Waals surface area contributed by atoms with Crippen molar-refractivity contribution >= 4 is 17.6 Å². The summed E-state index contributed by atoms with van der Waals surface area (Å²) in [4.78, 5) is 37.6. The average Bonchev–Trinajstić information content (AvgIpc) is 3.76. The number of carboxylic acids is 1. The number of H-pyrrole nitrogens is 1. The lowest BCUT2D eigenvalue weighted by Crippen LogP contribution is -2.68. The molecular weight excluding hydrogens is 594 g/mol. The Labute approximate surface area is 265 Å². The summed E-state index contributed by atoms with van der Waals surface area (Å²) < 4.78 is 29.0. The van der Waals surface area contributed by atoms with Crippen molar-refractivity contribution in [1.82, 2.24) is 24.9 Å². The summed E-state index contributed by atoms with van der Waals surface area (Å²) in [6.45, 7) is 4.54. The second-order valence-electron chi connectivity index (χ2n) is 11.6. The van der Waals surface area contributed by atoms with Crippen LogP contribution in [-0.4, -0.2) is 107 Å². The Morgan fingerprint density at radius 1 is 1.07 bits per heavy atom. The normalized spacial score (nSPS) is 22.0. The molecule has 14 nitrogen and oxygen atoms in total. The van der Waals surface area contributed by atoms with E-state index in [1.54, 1.807) is 24.4 Å². The van der Waals surface area contributed by atoms with Gasteiger partial charge in [-0.2, -0.15) is 15.0 Å². The molecule has 46 heavy (non-hydrogen) atoms.